The first kappa shape index (κ1) is 15.2. The maximum atomic E-state index is 11.6. The topological polar surface area (TPSA) is 115 Å². The number of amides is 1. The molecule has 0 aromatic carbocycles. The van der Waals surface area contributed by atoms with Gasteiger partial charge in [-0.05, 0) is 26.8 Å². The van der Waals surface area contributed by atoms with E-state index in [0.29, 0.717) is 11.4 Å². The number of anilines is 1. The molecule has 0 saturated carbocycles. The Morgan fingerprint density at radius 3 is 2.76 bits per heavy atom. The molecular weight excluding hydrogens is 274 g/mol. The number of nitrogens with one attached hydrogen (secondary N) is 1. The van der Waals surface area contributed by atoms with Gasteiger partial charge in [0.15, 0.2) is 0 Å². The molecule has 1 aliphatic rings. The van der Waals surface area contributed by atoms with E-state index in [-0.39, 0.29) is 18.8 Å². The van der Waals surface area contributed by atoms with E-state index in [1.165, 1.54) is 0 Å². The molecule has 1 saturated heterocycles. The van der Waals surface area contributed by atoms with Gasteiger partial charge in [-0.3, -0.25) is 14.6 Å². The molecule has 21 heavy (non-hydrogen) atoms. The number of aryl methyl sites for hydroxylation is 2. The van der Waals surface area contributed by atoms with E-state index in [1.54, 1.807) is 26.8 Å². The molecule has 1 fully saturated rings. The molecule has 1 amide bonds. The highest BCUT2D eigenvalue weighted by Crippen LogP contribution is 2.32. The molecule has 114 valence electrons. The number of carbonyl (C=O) groups is 2. The lowest BCUT2D eigenvalue weighted by Gasteiger charge is -2.27. The van der Waals surface area contributed by atoms with Crippen LogP contribution < -0.4 is 11.1 Å². The average molecular weight is 293 g/mol. The fourth-order valence-corrected chi connectivity index (χ4v) is 2.53. The van der Waals surface area contributed by atoms with E-state index in [9.17, 15) is 14.7 Å². The van der Waals surface area contributed by atoms with Crippen LogP contribution in [0.2, 0.25) is 0 Å². The van der Waals surface area contributed by atoms with Gasteiger partial charge < -0.3 is 20.9 Å². The summed E-state index contributed by atoms with van der Waals surface area (Å²) in [7, 11) is 0. The smallest absolute Gasteiger partial charge is 0.313 e. The monoisotopic (exact) mass is 293 g/mol. The summed E-state index contributed by atoms with van der Waals surface area (Å²) in [6.07, 6.45) is 0. The van der Waals surface area contributed by atoms with Gasteiger partial charge in [-0.25, -0.2) is 0 Å². The zero-order valence-corrected chi connectivity index (χ0v) is 12.3. The predicted molar refractivity (Wildman–Crippen MR) is 76.2 cm³/mol. The number of carbonyl (C=O) groups excluding carboxylic acids is 1. The van der Waals surface area contributed by atoms with Gasteiger partial charge in [0.25, 0.3) is 5.91 Å². The number of carboxylic acid groups (broad SMARTS) is 1. The molecule has 7 heteroatoms. The van der Waals surface area contributed by atoms with Gasteiger partial charge >= 0.3 is 5.97 Å². The molecule has 0 radical (unpaired) electrons. The molecule has 1 aromatic heterocycles. The number of nitrogens with zero attached hydrogens (tertiary/aromatic N) is 1. The second-order valence-corrected chi connectivity index (χ2v) is 5.57. The zero-order valence-electron chi connectivity index (χ0n) is 12.3. The standard InChI is InChI=1S/C14H19N3O4/c1-7-4-9(11(12(15)18)8(2)16-7)17-10-5-21-6-14(10,3)13(19)20/h4,10H,5-6H2,1-3H3,(H2,15,18)(H,16,17)(H,19,20). The zero-order chi connectivity index (χ0) is 15.8. The van der Waals surface area contributed by atoms with Crippen LogP contribution in [-0.2, 0) is 9.53 Å². The van der Waals surface area contributed by atoms with E-state index < -0.39 is 23.3 Å². The molecular formula is C14H19N3O4. The molecule has 7 nitrogen and oxygen atoms in total. The molecule has 0 spiro atoms. The van der Waals surface area contributed by atoms with Crippen molar-refractivity contribution < 1.29 is 19.4 Å². The highest BCUT2D eigenvalue weighted by molar-refractivity contribution is 5.99. The van der Waals surface area contributed by atoms with Crippen LogP contribution in [0.5, 0.6) is 0 Å². The Labute approximate surface area is 122 Å². The van der Waals surface area contributed by atoms with E-state index in [0.717, 1.165) is 5.69 Å². The van der Waals surface area contributed by atoms with Crippen molar-refractivity contribution in [2.75, 3.05) is 18.5 Å². The van der Waals surface area contributed by atoms with Gasteiger partial charge in [0.2, 0.25) is 0 Å². The predicted octanol–water partition coefficient (Wildman–Crippen LogP) is 0.699. The Hall–Kier alpha value is -2.15. The Morgan fingerprint density at radius 1 is 1.52 bits per heavy atom. The molecule has 2 atom stereocenters. The second-order valence-electron chi connectivity index (χ2n) is 5.57. The number of primary amides is 1. The second kappa shape index (κ2) is 5.33. The van der Waals surface area contributed by atoms with Crippen LogP contribution in [0.3, 0.4) is 0 Å². The van der Waals surface area contributed by atoms with E-state index in [2.05, 4.69) is 10.3 Å². The molecule has 2 heterocycles. The normalized spacial score (nSPS) is 24.8. The first-order valence-electron chi connectivity index (χ1n) is 6.61. The van der Waals surface area contributed by atoms with Crippen LogP contribution >= 0.6 is 0 Å². The number of rotatable bonds is 4. The van der Waals surface area contributed by atoms with Gasteiger partial charge in [-0.15, -0.1) is 0 Å². The van der Waals surface area contributed by atoms with Crippen molar-refractivity contribution in [3.8, 4) is 0 Å². The Morgan fingerprint density at radius 2 is 2.19 bits per heavy atom. The van der Waals surface area contributed by atoms with Crippen molar-refractivity contribution in [2.45, 2.75) is 26.8 Å². The van der Waals surface area contributed by atoms with Crippen LogP contribution in [-0.4, -0.2) is 41.2 Å². The molecule has 0 aliphatic carbocycles. The number of nitrogens with two attached hydrogens (primary N) is 1. The summed E-state index contributed by atoms with van der Waals surface area (Å²) >= 11 is 0. The fourth-order valence-electron chi connectivity index (χ4n) is 2.53. The summed E-state index contributed by atoms with van der Waals surface area (Å²) in [5.74, 6) is -1.54. The third-order valence-corrected chi connectivity index (χ3v) is 3.85. The number of pyridine rings is 1. The molecule has 2 rings (SSSR count). The van der Waals surface area contributed by atoms with Crippen LogP contribution in [0.15, 0.2) is 6.07 Å². The van der Waals surface area contributed by atoms with Gasteiger partial charge in [0.1, 0.15) is 5.41 Å². The van der Waals surface area contributed by atoms with Crippen LogP contribution in [0, 0.1) is 19.3 Å². The van der Waals surface area contributed by atoms with Crippen LogP contribution in [0.4, 0.5) is 5.69 Å². The van der Waals surface area contributed by atoms with Gasteiger partial charge in [0.05, 0.1) is 36.2 Å². The van der Waals surface area contributed by atoms with Crippen LogP contribution in [0.1, 0.15) is 28.7 Å². The Bertz CT molecular complexity index is 602. The van der Waals surface area contributed by atoms with E-state index >= 15 is 0 Å². The lowest BCUT2D eigenvalue weighted by molar-refractivity contribution is -0.148. The molecule has 2 unspecified atom stereocenters. The van der Waals surface area contributed by atoms with E-state index in [1.807, 2.05) is 0 Å². The number of hydrogen-bond donors (Lipinski definition) is 3. The first-order chi connectivity index (χ1) is 9.75. The van der Waals surface area contributed by atoms with Crippen molar-refractivity contribution in [3.63, 3.8) is 0 Å². The molecule has 1 aliphatic heterocycles. The third kappa shape index (κ3) is 2.69. The number of hydrogen-bond acceptors (Lipinski definition) is 5. The Kier molecular flexibility index (Phi) is 3.87. The highest BCUT2D eigenvalue weighted by Gasteiger charge is 2.47. The van der Waals surface area contributed by atoms with Gasteiger partial charge in [0, 0.05) is 5.69 Å². The summed E-state index contributed by atoms with van der Waals surface area (Å²) in [5.41, 5.74) is 6.35. The Balaban J connectivity index is 2.40. The first-order valence-corrected chi connectivity index (χ1v) is 6.61. The number of ether oxygens (including phenoxy) is 1. The van der Waals surface area contributed by atoms with Crippen molar-refractivity contribution in [1.82, 2.24) is 4.98 Å². The number of aromatic nitrogens is 1. The SMILES string of the molecule is Cc1cc(NC2COCC2(C)C(=O)O)c(C(N)=O)c(C)n1. The summed E-state index contributed by atoms with van der Waals surface area (Å²) in [6, 6.07) is 1.24. The van der Waals surface area contributed by atoms with Crippen molar-refractivity contribution in [2.24, 2.45) is 11.1 Å². The van der Waals surface area contributed by atoms with Gasteiger partial charge in [-0.2, -0.15) is 0 Å². The number of aliphatic carboxylic acids is 1. The van der Waals surface area contributed by atoms with Gasteiger partial charge in [-0.1, -0.05) is 0 Å². The highest BCUT2D eigenvalue weighted by atomic mass is 16.5. The third-order valence-electron chi connectivity index (χ3n) is 3.85. The fraction of sp³-hybridized carbons (Fsp3) is 0.500. The summed E-state index contributed by atoms with van der Waals surface area (Å²) in [5, 5.41) is 12.5. The maximum absolute atomic E-state index is 11.6. The summed E-state index contributed by atoms with van der Waals surface area (Å²) in [4.78, 5) is 27.3. The molecule has 4 N–H and O–H groups in total. The minimum absolute atomic E-state index is 0.120. The van der Waals surface area contributed by atoms with Crippen molar-refractivity contribution in [3.05, 3.63) is 23.0 Å². The minimum Gasteiger partial charge on any atom is -0.481 e. The maximum Gasteiger partial charge on any atom is 0.313 e. The van der Waals surface area contributed by atoms with Crippen molar-refractivity contribution in [1.29, 1.82) is 0 Å². The number of carboxylic acids is 1. The van der Waals surface area contributed by atoms with E-state index in [4.69, 9.17) is 10.5 Å². The average Bonchev–Trinajstić information content (AvgIpc) is 2.70. The largest absolute Gasteiger partial charge is 0.481 e. The molecule has 1 aromatic rings. The summed E-state index contributed by atoms with van der Waals surface area (Å²) < 4.78 is 5.29. The lowest BCUT2D eigenvalue weighted by atomic mass is 9.85. The van der Waals surface area contributed by atoms with Crippen molar-refractivity contribution >= 4 is 17.6 Å². The summed E-state index contributed by atoms with van der Waals surface area (Å²) in [6.45, 7) is 5.48. The lowest BCUT2D eigenvalue weighted by Crippen LogP contribution is -2.43. The quantitative estimate of drug-likeness (QED) is 0.752. The molecule has 0 bridgehead atoms. The van der Waals surface area contributed by atoms with Crippen LogP contribution in [0.25, 0.3) is 0 Å². The minimum atomic E-state index is -1.06.